The second-order valence-corrected chi connectivity index (χ2v) is 8.70. The summed E-state index contributed by atoms with van der Waals surface area (Å²) in [6, 6.07) is -1.27. The van der Waals surface area contributed by atoms with Crippen LogP contribution in [0.15, 0.2) is 12.2 Å². The van der Waals surface area contributed by atoms with Gasteiger partial charge >= 0.3 is 12.0 Å². The molecule has 0 saturated carbocycles. The fraction of sp³-hybridized carbons (Fsp3) is 0.714. The maximum Gasteiger partial charge on any atom is 0.355 e. The number of hydrogen-bond acceptors (Lipinski definition) is 6. The molecule has 0 N–H and O–H groups in total. The first-order chi connectivity index (χ1) is 14.4. The van der Waals surface area contributed by atoms with E-state index in [0.717, 1.165) is 19.3 Å². The number of fused-ring (bicyclic) bond motifs is 2. The van der Waals surface area contributed by atoms with Gasteiger partial charge in [0.1, 0.15) is 6.04 Å². The molecule has 30 heavy (non-hydrogen) atoms. The summed E-state index contributed by atoms with van der Waals surface area (Å²) in [6.45, 7) is 4.93. The molecule has 0 aromatic carbocycles. The molecule has 1 unspecified atom stereocenters. The lowest BCUT2D eigenvalue weighted by Gasteiger charge is -2.29. The van der Waals surface area contributed by atoms with Crippen LogP contribution in [0.25, 0.3) is 0 Å². The highest BCUT2D eigenvalue weighted by Gasteiger charge is 2.51. The molecule has 0 radical (unpaired) electrons. The maximum absolute atomic E-state index is 12.8. The van der Waals surface area contributed by atoms with Crippen LogP contribution in [-0.4, -0.2) is 64.1 Å². The molecule has 2 bridgehead atoms. The highest BCUT2D eigenvalue weighted by Crippen LogP contribution is 2.37. The smallest absolute Gasteiger partial charge is 0.328 e. The molecular weight excluding hydrogens is 390 g/mol. The normalized spacial score (nSPS) is 33.2. The number of allylic oxidation sites excluding steroid dienone is 2. The number of carbonyl (C=O) groups excluding carboxylic acids is 4. The number of hydroxylamine groups is 4. The van der Waals surface area contributed by atoms with Crippen LogP contribution in [-0.2, 0) is 24.1 Å². The topological polar surface area (TPSA) is 96.5 Å². The molecule has 5 atom stereocenters. The summed E-state index contributed by atoms with van der Waals surface area (Å²) in [7, 11) is 0. The summed E-state index contributed by atoms with van der Waals surface area (Å²) in [5, 5.41) is 1.98. The van der Waals surface area contributed by atoms with E-state index in [4.69, 9.17) is 9.68 Å². The molecule has 164 valence electrons. The summed E-state index contributed by atoms with van der Waals surface area (Å²) in [4.78, 5) is 62.9. The van der Waals surface area contributed by atoms with Crippen LogP contribution in [0.3, 0.4) is 0 Å². The van der Waals surface area contributed by atoms with Gasteiger partial charge in [-0.3, -0.25) is 14.4 Å². The van der Waals surface area contributed by atoms with Gasteiger partial charge in [-0.1, -0.05) is 32.4 Å². The molecule has 0 aromatic heterocycles. The molecule has 3 saturated heterocycles. The first-order valence-corrected chi connectivity index (χ1v) is 10.9. The Balaban J connectivity index is 1.37. The van der Waals surface area contributed by atoms with Crippen molar-refractivity contribution >= 4 is 23.8 Å². The van der Waals surface area contributed by atoms with Crippen LogP contribution in [0, 0.1) is 17.8 Å². The fourth-order valence-electron chi connectivity index (χ4n) is 4.78. The van der Waals surface area contributed by atoms with E-state index in [1.807, 2.05) is 19.1 Å². The minimum Gasteiger partial charge on any atom is -0.328 e. The first kappa shape index (κ1) is 20.8. The highest BCUT2D eigenvalue weighted by molar-refractivity contribution is 6.03. The largest absolute Gasteiger partial charge is 0.355 e. The third-order valence-electron chi connectivity index (χ3n) is 6.49. The zero-order valence-corrected chi connectivity index (χ0v) is 17.5. The van der Waals surface area contributed by atoms with Gasteiger partial charge in [0.05, 0.1) is 18.6 Å². The molecule has 9 heteroatoms. The van der Waals surface area contributed by atoms with Crippen molar-refractivity contribution in [2.75, 3.05) is 13.2 Å². The van der Waals surface area contributed by atoms with Crippen LogP contribution in [0.4, 0.5) is 4.79 Å². The van der Waals surface area contributed by atoms with Crippen LogP contribution in [0.2, 0.25) is 0 Å². The minimum atomic E-state index is -0.820. The number of carbonyl (C=O) groups is 4. The average molecular weight is 419 g/mol. The molecule has 3 aliphatic heterocycles. The van der Waals surface area contributed by atoms with Crippen molar-refractivity contribution in [1.29, 1.82) is 0 Å². The number of piperidine rings is 1. The predicted octanol–water partition coefficient (Wildman–Crippen LogP) is 2.03. The van der Waals surface area contributed by atoms with E-state index in [9.17, 15) is 19.2 Å². The van der Waals surface area contributed by atoms with E-state index in [0.29, 0.717) is 37.0 Å². The second kappa shape index (κ2) is 8.37. The molecule has 4 rings (SSSR count). The fourth-order valence-corrected chi connectivity index (χ4v) is 4.78. The van der Waals surface area contributed by atoms with Crippen LogP contribution < -0.4 is 0 Å². The highest BCUT2D eigenvalue weighted by atomic mass is 16.7. The van der Waals surface area contributed by atoms with Crippen molar-refractivity contribution < 1.29 is 28.9 Å². The van der Waals surface area contributed by atoms with Crippen molar-refractivity contribution in [3.05, 3.63) is 12.2 Å². The third-order valence-corrected chi connectivity index (χ3v) is 6.49. The van der Waals surface area contributed by atoms with Gasteiger partial charge in [0.15, 0.2) is 0 Å². The van der Waals surface area contributed by atoms with E-state index >= 15 is 0 Å². The summed E-state index contributed by atoms with van der Waals surface area (Å²) in [5.41, 5.74) is 0. The van der Waals surface area contributed by atoms with Gasteiger partial charge in [-0.25, -0.2) is 9.59 Å². The number of rotatable bonds is 7. The molecule has 1 aliphatic carbocycles. The summed E-state index contributed by atoms with van der Waals surface area (Å²) in [6.07, 6.45) is 7.69. The van der Waals surface area contributed by atoms with Gasteiger partial charge < -0.3 is 9.74 Å². The maximum atomic E-state index is 12.8. The van der Waals surface area contributed by atoms with E-state index in [-0.39, 0.29) is 24.4 Å². The lowest BCUT2D eigenvalue weighted by molar-refractivity contribution is -0.201. The lowest BCUT2D eigenvalue weighted by atomic mass is 9.89. The Bertz CT molecular complexity index is 768. The Labute approximate surface area is 175 Å². The van der Waals surface area contributed by atoms with Gasteiger partial charge in [-0.05, 0) is 37.5 Å². The molecule has 4 amide bonds. The SMILES string of the molecule is CCCCON1C(=O)N2C[C@@H]1CC[C@H]2C(=O)ON1C(=O)CC([C@@H]2C=C[C@H](C)C2)C1=O. The van der Waals surface area contributed by atoms with E-state index in [1.165, 1.54) is 9.96 Å². The van der Waals surface area contributed by atoms with Gasteiger partial charge in [-0.2, -0.15) is 5.06 Å². The average Bonchev–Trinajstić information content (AvgIpc) is 3.35. The Morgan fingerprint density at radius 1 is 1.20 bits per heavy atom. The molecule has 9 nitrogen and oxygen atoms in total. The Kier molecular flexibility index (Phi) is 5.81. The molecule has 0 aromatic rings. The number of imide groups is 1. The van der Waals surface area contributed by atoms with Crippen LogP contribution in [0.1, 0.15) is 52.4 Å². The van der Waals surface area contributed by atoms with Crippen molar-refractivity contribution in [2.24, 2.45) is 17.8 Å². The van der Waals surface area contributed by atoms with E-state index in [1.54, 1.807) is 0 Å². The molecule has 4 aliphatic rings. The monoisotopic (exact) mass is 419 g/mol. The quantitative estimate of drug-likeness (QED) is 0.356. The van der Waals surface area contributed by atoms with Crippen molar-refractivity contribution in [3.63, 3.8) is 0 Å². The number of hydrogen-bond donors (Lipinski definition) is 0. The summed E-state index contributed by atoms with van der Waals surface area (Å²) >= 11 is 0. The zero-order valence-electron chi connectivity index (χ0n) is 17.5. The molecular formula is C21H29N3O6. The standard InChI is InChI=1S/C21H29N3O6/c1-3-4-9-29-23-15-7-8-17(22(12-15)21(23)28)20(27)30-24-18(25)11-16(19(24)26)14-6-5-13(2)10-14/h5-6,13-17H,3-4,7-12H2,1-2H3/t13-,14+,15-,16?,17-/m0/s1. The number of unbranched alkanes of at least 4 members (excludes halogenated alkanes) is 1. The summed E-state index contributed by atoms with van der Waals surface area (Å²) < 4.78 is 0. The zero-order chi connectivity index (χ0) is 21.4. The lowest BCUT2D eigenvalue weighted by Crippen LogP contribution is -2.48. The molecule has 3 fully saturated rings. The van der Waals surface area contributed by atoms with Crippen LogP contribution >= 0.6 is 0 Å². The number of amides is 4. The summed E-state index contributed by atoms with van der Waals surface area (Å²) in [5.74, 6) is -1.84. The van der Waals surface area contributed by atoms with Crippen molar-refractivity contribution in [2.45, 2.75) is 64.5 Å². The number of urea groups is 1. The van der Waals surface area contributed by atoms with Crippen molar-refractivity contribution in [1.82, 2.24) is 15.0 Å². The Morgan fingerprint density at radius 3 is 2.70 bits per heavy atom. The van der Waals surface area contributed by atoms with Crippen LogP contribution in [0.5, 0.6) is 0 Å². The minimum absolute atomic E-state index is 0.00965. The van der Waals surface area contributed by atoms with Gasteiger partial charge in [0.25, 0.3) is 11.8 Å². The molecule has 0 spiro atoms. The number of nitrogens with zero attached hydrogens (tertiary/aromatic N) is 3. The van der Waals surface area contributed by atoms with Gasteiger partial charge in [0, 0.05) is 13.0 Å². The first-order valence-electron chi connectivity index (χ1n) is 10.9. The predicted molar refractivity (Wildman–Crippen MR) is 104 cm³/mol. The van der Waals surface area contributed by atoms with Gasteiger partial charge in [0.2, 0.25) is 0 Å². The third kappa shape index (κ3) is 3.71. The Hall–Kier alpha value is -2.42. The molecule has 3 heterocycles. The van der Waals surface area contributed by atoms with Gasteiger partial charge in [-0.15, -0.1) is 5.06 Å². The Morgan fingerprint density at radius 2 is 2.00 bits per heavy atom. The van der Waals surface area contributed by atoms with E-state index in [2.05, 4.69) is 6.92 Å². The second-order valence-electron chi connectivity index (χ2n) is 8.70. The van der Waals surface area contributed by atoms with E-state index < -0.39 is 29.7 Å². The van der Waals surface area contributed by atoms with Crippen molar-refractivity contribution in [3.8, 4) is 0 Å².